The molecular weight excluding hydrogens is 370 g/mol. The molecule has 29 heavy (non-hydrogen) atoms. The van der Waals surface area contributed by atoms with Gasteiger partial charge in [0.1, 0.15) is 12.0 Å². The van der Waals surface area contributed by atoms with Crippen LogP contribution in [0.5, 0.6) is 5.88 Å². The average molecular weight is 393 g/mol. The van der Waals surface area contributed by atoms with E-state index in [2.05, 4.69) is 19.7 Å². The second-order valence-electron chi connectivity index (χ2n) is 7.71. The molecule has 0 spiro atoms. The molecule has 0 atom stereocenters. The van der Waals surface area contributed by atoms with Crippen LogP contribution in [0.2, 0.25) is 0 Å². The predicted octanol–water partition coefficient (Wildman–Crippen LogP) is 1.69. The smallest absolute Gasteiger partial charge is 0.255 e. The zero-order valence-electron chi connectivity index (χ0n) is 16.6. The van der Waals surface area contributed by atoms with Crippen LogP contribution in [-0.4, -0.2) is 54.0 Å². The lowest BCUT2D eigenvalue weighted by molar-refractivity contribution is 0.0733. The molecule has 1 aliphatic carbocycles. The number of rotatable bonds is 5. The van der Waals surface area contributed by atoms with E-state index in [9.17, 15) is 4.79 Å². The molecule has 0 aromatic carbocycles. The Labute approximate surface area is 168 Å². The van der Waals surface area contributed by atoms with Crippen LogP contribution in [-0.2, 0) is 26.6 Å². The molecule has 1 aliphatic heterocycles. The molecule has 1 fully saturated rings. The number of aryl methyl sites for hydroxylation is 1. The van der Waals surface area contributed by atoms with E-state index in [0.717, 1.165) is 35.7 Å². The van der Waals surface area contributed by atoms with Gasteiger partial charge in [-0.25, -0.2) is 4.98 Å². The van der Waals surface area contributed by atoms with Gasteiger partial charge in [0.25, 0.3) is 5.91 Å². The highest BCUT2D eigenvalue weighted by Crippen LogP contribution is 2.33. The Morgan fingerprint density at radius 2 is 2.17 bits per heavy atom. The van der Waals surface area contributed by atoms with Crippen molar-refractivity contribution < 1.29 is 9.53 Å². The number of aromatic nitrogens is 6. The second-order valence-corrected chi connectivity index (χ2v) is 7.71. The monoisotopic (exact) mass is 393 g/mol. The summed E-state index contributed by atoms with van der Waals surface area (Å²) >= 11 is 0. The van der Waals surface area contributed by atoms with Crippen LogP contribution in [0.4, 0.5) is 0 Å². The van der Waals surface area contributed by atoms with Crippen LogP contribution in [0.1, 0.15) is 34.5 Å². The highest BCUT2D eigenvalue weighted by Gasteiger charge is 2.30. The summed E-state index contributed by atoms with van der Waals surface area (Å²) in [5, 5.41) is 13.2. The zero-order chi connectivity index (χ0) is 20.0. The number of hydrogen-bond acceptors (Lipinski definition) is 6. The number of methoxy groups -OCH3 is 1. The zero-order valence-corrected chi connectivity index (χ0v) is 16.6. The maximum Gasteiger partial charge on any atom is 0.255 e. The number of hydrogen-bond donors (Lipinski definition) is 0. The van der Waals surface area contributed by atoms with Crippen LogP contribution >= 0.6 is 0 Å². The lowest BCUT2D eigenvalue weighted by atomic mass is 10.0. The fourth-order valence-electron chi connectivity index (χ4n) is 3.91. The first-order chi connectivity index (χ1) is 14.1. The Balaban J connectivity index is 1.43. The van der Waals surface area contributed by atoms with Gasteiger partial charge in [-0.3, -0.25) is 9.48 Å². The molecule has 0 unspecified atom stereocenters. The maximum absolute atomic E-state index is 13.0. The van der Waals surface area contributed by atoms with E-state index >= 15 is 0 Å². The van der Waals surface area contributed by atoms with Crippen molar-refractivity contribution in [3.05, 3.63) is 41.5 Å². The van der Waals surface area contributed by atoms with Crippen LogP contribution in [0.25, 0.3) is 11.5 Å². The molecule has 3 aromatic rings. The topological polar surface area (TPSA) is 91.0 Å². The number of amides is 1. The summed E-state index contributed by atoms with van der Waals surface area (Å²) in [6, 6.07) is 3.46. The second kappa shape index (κ2) is 6.98. The Bertz CT molecular complexity index is 1050. The van der Waals surface area contributed by atoms with Crippen molar-refractivity contribution in [2.24, 2.45) is 13.0 Å². The molecule has 150 valence electrons. The van der Waals surface area contributed by atoms with Gasteiger partial charge in [-0.2, -0.15) is 5.10 Å². The van der Waals surface area contributed by atoms with Gasteiger partial charge in [-0.05, 0) is 24.8 Å². The molecule has 0 saturated heterocycles. The number of pyridine rings is 1. The van der Waals surface area contributed by atoms with Crippen molar-refractivity contribution in [1.29, 1.82) is 0 Å². The Morgan fingerprint density at radius 1 is 1.31 bits per heavy atom. The fourth-order valence-corrected chi connectivity index (χ4v) is 3.91. The van der Waals surface area contributed by atoms with Crippen LogP contribution in [0, 0.1) is 5.92 Å². The third-order valence-electron chi connectivity index (χ3n) is 5.70. The SMILES string of the molecule is COc1ccc(C(=O)N2CCc3c(c(-c4nncn4CC4CC4)nn3C)C2)cn1. The van der Waals surface area contributed by atoms with Crippen molar-refractivity contribution >= 4 is 5.91 Å². The number of nitrogens with zero attached hydrogens (tertiary/aromatic N) is 7. The van der Waals surface area contributed by atoms with E-state index in [-0.39, 0.29) is 5.91 Å². The Hall–Kier alpha value is -3.23. The summed E-state index contributed by atoms with van der Waals surface area (Å²) in [6.07, 6.45) is 6.62. The van der Waals surface area contributed by atoms with Crippen LogP contribution < -0.4 is 4.74 Å². The summed E-state index contributed by atoms with van der Waals surface area (Å²) in [5.74, 6) is 1.95. The minimum atomic E-state index is -0.0416. The summed E-state index contributed by atoms with van der Waals surface area (Å²) in [4.78, 5) is 19.0. The van der Waals surface area contributed by atoms with Gasteiger partial charge >= 0.3 is 0 Å². The Morgan fingerprint density at radius 3 is 2.90 bits per heavy atom. The number of carbonyl (C=O) groups excluding carboxylic acids is 1. The number of carbonyl (C=O) groups is 1. The summed E-state index contributed by atoms with van der Waals surface area (Å²) in [7, 11) is 3.51. The molecule has 4 heterocycles. The largest absolute Gasteiger partial charge is 0.481 e. The highest BCUT2D eigenvalue weighted by atomic mass is 16.5. The maximum atomic E-state index is 13.0. The van der Waals surface area contributed by atoms with E-state index in [1.54, 1.807) is 31.8 Å². The standard InChI is InChI=1S/C20H23N7O2/c1-25-16-7-8-26(20(28)14-5-6-17(29-2)21-9-14)11-15(16)18(24-25)19-23-22-12-27(19)10-13-3-4-13/h5-6,9,12-13H,3-4,7-8,10-11H2,1-2H3. The molecule has 1 amide bonds. The minimum Gasteiger partial charge on any atom is -0.481 e. The van der Waals surface area contributed by atoms with Gasteiger partial charge < -0.3 is 14.2 Å². The molecular formula is C20H23N7O2. The van der Waals surface area contributed by atoms with E-state index in [0.29, 0.717) is 30.5 Å². The number of ether oxygens (including phenoxy) is 1. The average Bonchev–Trinajstić information content (AvgIpc) is 3.36. The third kappa shape index (κ3) is 3.26. The summed E-state index contributed by atoms with van der Waals surface area (Å²) in [6.45, 7) is 2.07. The quantitative estimate of drug-likeness (QED) is 0.655. The van der Waals surface area contributed by atoms with E-state index in [4.69, 9.17) is 9.84 Å². The van der Waals surface area contributed by atoms with E-state index < -0.39 is 0 Å². The van der Waals surface area contributed by atoms with Gasteiger partial charge in [0, 0.05) is 50.1 Å². The van der Waals surface area contributed by atoms with Gasteiger partial charge in [0.2, 0.25) is 5.88 Å². The van der Waals surface area contributed by atoms with E-state index in [1.165, 1.54) is 12.8 Å². The van der Waals surface area contributed by atoms with Crippen molar-refractivity contribution in [2.75, 3.05) is 13.7 Å². The van der Waals surface area contributed by atoms with Crippen LogP contribution in [0.3, 0.4) is 0 Å². The van der Waals surface area contributed by atoms with Crippen molar-refractivity contribution in [2.45, 2.75) is 32.4 Å². The van der Waals surface area contributed by atoms with E-state index in [1.807, 2.05) is 16.6 Å². The van der Waals surface area contributed by atoms with Gasteiger partial charge in [0.15, 0.2) is 5.82 Å². The summed E-state index contributed by atoms with van der Waals surface area (Å²) < 4.78 is 9.09. The first-order valence-corrected chi connectivity index (χ1v) is 9.86. The van der Waals surface area contributed by atoms with Gasteiger partial charge in [0.05, 0.1) is 19.2 Å². The van der Waals surface area contributed by atoms with Crippen molar-refractivity contribution in [3.8, 4) is 17.4 Å². The lowest BCUT2D eigenvalue weighted by Crippen LogP contribution is -2.36. The predicted molar refractivity (Wildman–Crippen MR) is 104 cm³/mol. The molecule has 0 N–H and O–H groups in total. The molecule has 9 heteroatoms. The lowest BCUT2D eigenvalue weighted by Gasteiger charge is -2.27. The first kappa shape index (κ1) is 17.8. The molecule has 9 nitrogen and oxygen atoms in total. The molecule has 3 aromatic heterocycles. The minimum absolute atomic E-state index is 0.0416. The Kier molecular flexibility index (Phi) is 4.30. The van der Waals surface area contributed by atoms with Crippen molar-refractivity contribution in [3.63, 3.8) is 0 Å². The number of fused-ring (bicyclic) bond motifs is 1. The molecule has 1 saturated carbocycles. The molecule has 5 rings (SSSR count). The normalized spacial score (nSPS) is 16.0. The molecule has 0 bridgehead atoms. The third-order valence-corrected chi connectivity index (χ3v) is 5.70. The highest BCUT2D eigenvalue weighted by molar-refractivity contribution is 5.94. The van der Waals surface area contributed by atoms with Gasteiger partial charge in [-0.15, -0.1) is 10.2 Å². The molecule has 0 radical (unpaired) electrons. The van der Waals surface area contributed by atoms with Crippen LogP contribution in [0.15, 0.2) is 24.7 Å². The molecule has 2 aliphatic rings. The van der Waals surface area contributed by atoms with Gasteiger partial charge in [-0.1, -0.05) is 0 Å². The first-order valence-electron chi connectivity index (χ1n) is 9.86. The fraction of sp³-hybridized carbons (Fsp3) is 0.450. The van der Waals surface area contributed by atoms with Crippen molar-refractivity contribution in [1.82, 2.24) is 34.4 Å². The summed E-state index contributed by atoms with van der Waals surface area (Å²) in [5.41, 5.74) is 3.58.